The molecule has 2 amide bonds. The zero-order chi connectivity index (χ0) is 15.0. The fraction of sp³-hybridized carbons (Fsp3) is 0.267. The Labute approximate surface area is 132 Å². The summed E-state index contributed by atoms with van der Waals surface area (Å²) in [7, 11) is 0. The molecule has 1 unspecified atom stereocenters. The van der Waals surface area contributed by atoms with E-state index in [4.69, 9.17) is 5.73 Å². The lowest BCUT2D eigenvalue weighted by Gasteiger charge is -2.23. The van der Waals surface area contributed by atoms with E-state index in [1.165, 1.54) is 4.57 Å². The van der Waals surface area contributed by atoms with E-state index < -0.39 is 11.9 Å². The second-order valence-electron chi connectivity index (χ2n) is 5.12. The van der Waals surface area contributed by atoms with Gasteiger partial charge in [-0.2, -0.15) is 0 Å². The van der Waals surface area contributed by atoms with E-state index in [0.717, 1.165) is 10.9 Å². The predicted octanol–water partition coefficient (Wildman–Crippen LogP) is 0.860. The van der Waals surface area contributed by atoms with Gasteiger partial charge < -0.3 is 10.3 Å². The number of benzene rings is 1. The number of nitrogens with two attached hydrogens (primary N) is 1. The Bertz CT molecular complexity index is 800. The monoisotopic (exact) mass is 321 g/mol. The van der Waals surface area contributed by atoms with Crippen molar-refractivity contribution in [3.05, 3.63) is 46.4 Å². The third-order valence-electron chi connectivity index (χ3n) is 3.78. The summed E-state index contributed by atoms with van der Waals surface area (Å²) in [6.07, 6.45) is 2.18. The number of carbonyl (C=O) groups excluding carboxylic acids is 2. The summed E-state index contributed by atoms with van der Waals surface area (Å²) in [6, 6.07) is 6.62. The molecule has 0 saturated carbocycles. The molecule has 1 saturated heterocycles. The molecule has 0 radical (unpaired) electrons. The Morgan fingerprint density at radius 3 is 2.68 bits per heavy atom. The Morgan fingerprint density at radius 1 is 1.23 bits per heavy atom. The predicted molar refractivity (Wildman–Crippen MR) is 84.8 cm³/mol. The van der Waals surface area contributed by atoms with Crippen LogP contribution in [0.4, 0.5) is 0 Å². The van der Waals surface area contributed by atoms with Crippen molar-refractivity contribution in [1.29, 1.82) is 0 Å². The number of imide groups is 1. The van der Waals surface area contributed by atoms with Gasteiger partial charge in [0, 0.05) is 24.5 Å². The van der Waals surface area contributed by atoms with E-state index in [-0.39, 0.29) is 30.3 Å². The van der Waals surface area contributed by atoms with Crippen LogP contribution in [0.3, 0.4) is 0 Å². The molecule has 3 rings (SSSR count). The molecule has 1 fully saturated rings. The number of rotatable bonds is 2. The Balaban J connectivity index is 0.00000176. The van der Waals surface area contributed by atoms with Gasteiger partial charge in [0.25, 0.3) is 5.56 Å². The highest BCUT2D eigenvalue weighted by molar-refractivity contribution is 5.99. The number of nitrogens with zero attached hydrogens (tertiary/aromatic N) is 1. The molecule has 1 aromatic heterocycles. The first-order valence-corrected chi connectivity index (χ1v) is 6.77. The number of aromatic nitrogens is 1. The zero-order valence-corrected chi connectivity index (χ0v) is 12.6. The summed E-state index contributed by atoms with van der Waals surface area (Å²) in [5.41, 5.74) is 6.22. The van der Waals surface area contributed by atoms with Gasteiger partial charge in [0.05, 0.1) is 0 Å². The Kier molecular flexibility index (Phi) is 4.63. The summed E-state index contributed by atoms with van der Waals surface area (Å²) in [5.74, 6) is -0.724. The lowest BCUT2D eigenvalue weighted by atomic mass is 10.0. The maximum Gasteiger partial charge on any atom is 0.259 e. The van der Waals surface area contributed by atoms with Crippen molar-refractivity contribution in [1.82, 2.24) is 9.88 Å². The molecule has 0 bridgehead atoms. The highest BCUT2D eigenvalue weighted by Crippen LogP contribution is 2.19. The molecular formula is C15H16ClN3O3. The quantitative estimate of drug-likeness (QED) is 0.802. The SMILES string of the molecule is Cl.NCc1ccc2ccn(C3CCC(=O)NC3=O)c(=O)c2c1. The molecule has 7 heteroatoms. The first-order chi connectivity index (χ1) is 10.1. The summed E-state index contributed by atoms with van der Waals surface area (Å²) in [6.45, 7) is 0.350. The molecular weight excluding hydrogens is 306 g/mol. The van der Waals surface area contributed by atoms with Crippen LogP contribution in [0.2, 0.25) is 0 Å². The van der Waals surface area contributed by atoms with Crippen LogP contribution >= 0.6 is 12.4 Å². The van der Waals surface area contributed by atoms with Crippen molar-refractivity contribution in [2.24, 2.45) is 5.73 Å². The van der Waals surface area contributed by atoms with Crippen LogP contribution in [-0.4, -0.2) is 16.4 Å². The second kappa shape index (κ2) is 6.29. The van der Waals surface area contributed by atoms with Crippen LogP contribution in [0.15, 0.2) is 35.3 Å². The molecule has 0 spiro atoms. The standard InChI is InChI=1S/C15H15N3O3.ClH/c16-8-9-1-2-10-5-6-18(15(21)11(10)7-9)12-3-4-13(19)17-14(12)20;/h1-2,5-7,12H,3-4,8,16H2,(H,17,19,20);1H. The van der Waals surface area contributed by atoms with Crippen LogP contribution in [0, 0.1) is 0 Å². The zero-order valence-electron chi connectivity index (χ0n) is 11.7. The molecule has 1 aliphatic heterocycles. The van der Waals surface area contributed by atoms with Crippen molar-refractivity contribution in [2.45, 2.75) is 25.4 Å². The summed E-state index contributed by atoms with van der Waals surface area (Å²) >= 11 is 0. The molecule has 6 nitrogen and oxygen atoms in total. The number of nitrogens with one attached hydrogen (secondary N) is 1. The number of fused-ring (bicyclic) bond motifs is 1. The van der Waals surface area contributed by atoms with Crippen LogP contribution in [0.1, 0.15) is 24.4 Å². The Hall–Kier alpha value is -2.18. The maximum absolute atomic E-state index is 12.6. The van der Waals surface area contributed by atoms with E-state index in [1.807, 2.05) is 12.1 Å². The average molecular weight is 322 g/mol. The largest absolute Gasteiger partial charge is 0.326 e. The molecule has 3 N–H and O–H groups in total. The highest BCUT2D eigenvalue weighted by Gasteiger charge is 2.28. The van der Waals surface area contributed by atoms with E-state index in [0.29, 0.717) is 18.4 Å². The minimum absolute atomic E-state index is 0. The van der Waals surface area contributed by atoms with Crippen molar-refractivity contribution in [3.8, 4) is 0 Å². The molecule has 0 aliphatic carbocycles. The number of halogens is 1. The second-order valence-corrected chi connectivity index (χ2v) is 5.12. The first kappa shape index (κ1) is 16.2. The summed E-state index contributed by atoms with van der Waals surface area (Å²) < 4.78 is 1.39. The normalized spacial score (nSPS) is 18.0. The van der Waals surface area contributed by atoms with Crippen molar-refractivity contribution < 1.29 is 9.59 Å². The lowest BCUT2D eigenvalue weighted by Crippen LogP contribution is -2.44. The van der Waals surface area contributed by atoms with Gasteiger partial charge >= 0.3 is 0 Å². The van der Waals surface area contributed by atoms with Crippen molar-refractivity contribution in [3.63, 3.8) is 0 Å². The number of pyridine rings is 1. The van der Waals surface area contributed by atoms with Gasteiger partial charge in [0.15, 0.2) is 0 Å². The van der Waals surface area contributed by atoms with E-state index >= 15 is 0 Å². The van der Waals surface area contributed by atoms with Crippen molar-refractivity contribution in [2.75, 3.05) is 0 Å². The number of hydrogen-bond donors (Lipinski definition) is 2. The average Bonchev–Trinajstić information content (AvgIpc) is 2.48. The Morgan fingerprint density at radius 2 is 2.00 bits per heavy atom. The van der Waals surface area contributed by atoms with Gasteiger partial charge in [-0.15, -0.1) is 12.4 Å². The van der Waals surface area contributed by atoms with E-state index in [9.17, 15) is 14.4 Å². The fourth-order valence-corrected chi connectivity index (χ4v) is 2.62. The number of piperidine rings is 1. The molecule has 1 aliphatic rings. The first-order valence-electron chi connectivity index (χ1n) is 6.77. The molecule has 1 aromatic carbocycles. The summed E-state index contributed by atoms with van der Waals surface area (Å²) in [4.78, 5) is 35.7. The van der Waals surface area contributed by atoms with E-state index in [2.05, 4.69) is 5.32 Å². The third-order valence-corrected chi connectivity index (χ3v) is 3.78. The van der Waals surface area contributed by atoms with Gasteiger partial charge in [0.1, 0.15) is 6.04 Å². The number of hydrogen-bond acceptors (Lipinski definition) is 4. The highest BCUT2D eigenvalue weighted by atomic mass is 35.5. The third kappa shape index (κ3) is 2.75. The van der Waals surface area contributed by atoms with Gasteiger partial charge in [-0.25, -0.2) is 0 Å². The van der Waals surface area contributed by atoms with Gasteiger partial charge in [-0.05, 0) is 29.5 Å². The maximum atomic E-state index is 12.6. The minimum Gasteiger partial charge on any atom is -0.326 e. The smallest absolute Gasteiger partial charge is 0.259 e. The van der Waals surface area contributed by atoms with Gasteiger partial charge in [-0.3, -0.25) is 19.7 Å². The minimum atomic E-state index is -0.638. The number of carbonyl (C=O) groups is 2. The molecule has 2 heterocycles. The van der Waals surface area contributed by atoms with Crippen LogP contribution in [0.25, 0.3) is 10.8 Å². The van der Waals surface area contributed by atoms with E-state index in [1.54, 1.807) is 18.3 Å². The van der Waals surface area contributed by atoms with Crippen LogP contribution < -0.4 is 16.6 Å². The topological polar surface area (TPSA) is 94.2 Å². The van der Waals surface area contributed by atoms with Gasteiger partial charge in [-0.1, -0.05) is 12.1 Å². The van der Waals surface area contributed by atoms with Crippen molar-refractivity contribution >= 4 is 35.0 Å². The molecule has 116 valence electrons. The lowest BCUT2D eigenvalue weighted by molar-refractivity contribution is -0.135. The number of amides is 2. The molecule has 2 aromatic rings. The molecule has 22 heavy (non-hydrogen) atoms. The fourth-order valence-electron chi connectivity index (χ4n) is 2.62. The van der Waals surface area contributed by atoms with Gasteiger partial charge in [0.2, 0.25) is 11.8 Å². The van der Waals surface area contributed by atoms with Crippen LogP contribution in [-0.2, 0) is 16.1 Å². The molecule has 1 atom stereocenters. The summed E-state index contributed by atoms with van der Waals surface area (Å²) in [5, 5.41) is 3.61. The van der Waals surface area contributed by atoms with Crippen LogP contribution in [0.5, 0.6) is 0 Å².